The summed E-state index contributed by atoms with van der Waals surface area (Å²) in [6.45, 7) is 4.79. The first-order valence-corrected chi connectivity index (χ1v) is 13.5. The average Bonchev–Trinajstić information content (AvgIpc) is 3.20. The highest BCUT2D eigenvalue weighted by Gasteiger charge is 2.57. The Hall–Kier alpha value is -1.61. The van der Waals surface area contributed by atoms with E-state index in [1.54, 1.807) is 0 Å². The zero-order chi connectivity index (χ0) is 24.9. The van der Waals surface area contributed by atoms with E-state index >= 15 is 0 Å². The lowest BCUT2D eigenvalue weighted by molar-refractivity contribution is -0.216. The van der Waals surface area contributed by atoms with Gasteiger partial charge in [-0.1, -0.05) is 60.7 Å². The van der Waals surface area contributed by atoms with E-state index < -0.39 is 43.9 Å². The van der Waals surface area contributed by atoms with Crippen LogP contribution in [0.5, 0.6) is 0 Å². The summed E-state index contributed by atoms with van der Waals surface area (Å²) in [6.07, 6.45) is -2.45. The molecule has 0 aliphatic carbocycles. The molecule has 0 spiro atoms. The van der Waals surface area contributed by atoms with Gasteiger partial charge in [0.05, 0.1) is 32.1 Å². The lowest BCUT2D eigenvalue weighted by atomic mass is 9.95. The maximum atomic E-state index is 13.0. The fourth-order valence-electron chi connectivity index (χ4n) is 4.51. The molecule has 4 rings (SSSR count). The summed E-state index contributed by atoms with van der Waals surface area (Å²) in [4.78, 5) is 0. The average molecular weight is 507 g/mol. The van der Waals surface area contributed by atoms with E-state index in [1.807, 2.05) is 74.5 Å². The van der Waals surface area contributed by atoms with Crippen LogP contribution in [0.25, 0.3) is 0 Å². The van der Waals surface area contributed by atoms with E-state index in [9.17, 15) is 4.57 Å². The Balaban J connectivity index is 1.54. The minimum absolute atomic E-state index is 0.0290. The fourth-order valence-corrected chi connectivity index (χ4v) is 5.69. The van der Waals surface area contributed by atoms with Crippen molar-refractivity contribution in [1.82, 2.24) is 0 Å². The number of rotatable bonds is 11. The number of hydrogen-bond acceptors (Lipinski definition) is 8. The van der Waals surface area contributed by atoms with Crippen LogP contribution in [-0.4, -0.2) is 63.3 Å². The monoisotopic (exact) mass is 506 g/mol. The smallest absolute Gasteiger partial charge is 0.332 e. The number of ether oxygens (including phenoxy) is 5. The van der Waals surface area contributed by atoms with Crippen LogP contribution < -0.4 is 0 Å². The summed E-state index contributed by atoms with van der Waals surface area (Å²) >= 11 is 0. The van der Waals surface area contributed by atoms with Gasteiger partial charge in [0.2, 0.25) is 0 Å². The summed E-state index contributed by atoms with van der Waals surface area (Å²) in [5.74, 6) is -0.852. The van der Waals surface area contributed by atoms with Gasteiger partial charge in [0.1, 0.15) is 24.4 Å². The standard InChI is InChI=1S/C26H35O8P/c1-26(2)33-24-22(18-35(27,28-3)29-4)32-21(17-30-15-19-11-7-5-8-12-19)23(25(24)34-26)31-16-20-13-9-6-10-14-20/h5-14,21-25H,15-18H2,1-4H3/t21-,22-,23-,24-,25+/m1/s1. The molecule has 2 aliphatic heterocycles. The molecule has 2 aromatic rings. The quantitative estimate of drug-likeness (QED) is 0.411. The van der Waals surface area contributed by atoms with Crippen LogP contribution >= 0.6 is 7.60 Å². The Morgan fingerprint density at radius 3 is 2.00 bits per heavy atom. The Morgan fingerprint density at radius 1 is 0.829 bits per heavy atom. The predicted molar refractivity (Wildman–Crippen MR) is 130 cm³/mol. The van der Waals surface area contributed by atoms with Gasteiger partial charge in [-0.2, -0.15) is 0 Å². The lowest BCUT2D eigenvalue weighted by Crippen LogP contribution is -2.59. The van der Waals surface area contributed by atoms with Crippen LogP contribution in [0.1, 0.15) is 25.0 Å². The summed E-state index contributed by atoms with van der Waals surface area (Å²) in [5.41, 5.74) is 2.10. The molecule has 2 aliphatic rings. The molecule has 0 unspecified atom stereocenters. The van der Waals surface area contributed by atoms with Crippen molar-refractivity contribution in [2.24, 2.45) is 0 Å². The van der Waals surface area contributed by atoms with E-state index in [1.165, 1.54) is 14.2 Å². The summed E-state index contributed by atoms with van der Waals surface area (Å²) in [7, 11) is -0.630. The molecule has 35 heavy (non-hydrogen) atoms. The van der Waals surface area contributed by atoms with Crippen molar-refractivity contribution in [3.05, 3.63) is 71.8 Å². The Labute approximate surface area is 207 Å². The zero-order valence-electron chi connectivity index (χ0n) is 20.7. The molecule has 0 saturated carbocycles. The van der Waals surface area contributed by atoms with Gasteiger partial charge in [-0.15, -0.1) is 0 Å². The van der Waals surface area contributed by atoms with Crippen LogP contribution in [-0.2, 0) is 50.5 Å². The first-order chi connectivity index (χ1) is 16.8. The van der Waals surface area contributed by atoms with Crippen molar-refractivity contribution in [2.75, 3.05) is 27.0 Å². The highest BCUT2D eigenvalue weighted by molar-refractivity contribution is 7.53. The minimum atomic E-state index is -3.37. The molecule has 2 aromatic carbocycles. The van der Waals surface area contributed by atoms with E-state index in [0.717, 1.165) is 11.1 Å². The summed E-state index contributed by atoms with van der Waals surface area (Å²) < 4.78 is 54.7. The molecule has 9 heteroatoms. The van der Waals surface area contributed by atoms with Crippen molar-refractivity contribution in [3.8, 4) is 0 Å². The number of hydrogen-bond donors (Lipinski definition) is 0. The third-order valence-corrected chi connectivity index (χ3v) is 8.13. The van der Waals surface area contributed by atoms with Crippen molar-refractivity contribution in [1.29, 1.82) is 0 Å². The largest absolute Gasteiger partial charge is 0.374 e. The highest BCUT2D eigenvalue weighted by atomic mass is 31.2. The maximum Gasteiger partial charge on any atom is 0.332 e. The molecule has 2 saturated heterocycles. The molecule has 2 fully saturated rings. The first-order valence-electron chi connectivity index (χ1n) is 11.8. The van der Waals surface area contributed by atoms with E-state index in [0.29, 0.717) is 13.2 Å². The molecule has 192 valence electrons. The molecule has 0 bridgehead atoms. The number of fused-ring (bicyclic) bond motifs is 1. The van der Waals surface area contributed by atoms with Gasteiger partial charge < -0.3 is 32.7 Å². The molecule has 0 radical (unpaired) electrons. The van der Waals surface area contributed by atoms with Crippen LogP contribution in [0.4, 0.5) is 0 Å². The maximum absolute atomic E-state index is 13.0. The van der Waals surface area contributed by atoms with Crippen molar-refractivity contribution >= 4 is 7.60 Å². The van der Waals surface area contributed by atoms with Gasteiger partial charge in [-0.3, -0.25) is 4.57 Å². The zero-order valence-corrected chi connectivity index (χ0v) is 21.6. The fraction of sp³-hybridized carbons (Fsp3) is 0.538. The van der Waals surface area contributed by atoms with Gasteiger partial charge in [0, 0.05) is 14.2 Å². The molecule has 5 atom stereocenters. The first kappa shape index (κ1) is 26.5. The second kappa shape index (κ2) is 11.6. The van der Waals surface area contributed by atoms with E-state index in [2.05, 4.69) is 0 Å². The molecular formula is C26H35O8P. The predicted octanol–water partition coefficient (Wildman–Crippen LogP) is 4.56. The highest BCUT2D eigenvalue weighted by Crippen LogP contribution is 2.50. The second-order valence-electron chi connectivity index (χ2n) is 9.20. The number of benzene rings is 2. The Kier molecular flexibility index (Phi) is 8.79. The molecule has 8 nitrogen and oxygen atoms in total. The third-order valence-electron chi connectivity index (χ3n) is 6.21. The Morgan fingerprint density at radius 2 is 1.40 bits per heavy atom. The molecule has 0 N–H and O–H groups in total. The van der Waals surface area contributed by atoms with Gasteiger partial charge in [-0.05, 0) is 25.0 Å². The molecular weight excluding hydrogens is 471 g/mol. The van der Waals surface area contributed by atoms with Crippen molar-refractivity contribution in [3.63, 3.8) is 0 Å². The van der Waals surface area contributed by atoms with Crippen LogP contribution in [0.15, 0.2) is 60.7 Å². The molecule has 2 heterocycles. The SMILES string of the molecule is COP(=O)(C[C@H]1O[C@H](COCc2ccccc2)[C@@H](OCc2ccccc2)[C@@H]2OC(C)(C)O[C@@H]21)OC. The Bertz CT molecular complexity index is 962. The molecule has 0 amide bonds. The van der Waals surface area contributed by atoms with E-state index in [-0.39, 0.29) is 12.8 Å². The van der Waals surface area contributed by atoms with Gasteiger partial charge >= 0.3 is 7.60 Å². The van der Waals surface area contributed by atoms with Gasteiger partial charge in [-0.25, -0.2) is 0 Å². The van der Waals surface area contributed by atoms with Crippen LogP contribution in [0.2, 0.25) is 0 Å². The van der Waals surface area contributed by atoms with E-state index in [4.69, 9.17) is 32.7 Å². The van der Waals surface area contributed by atoms with Crippen LogP contribution in [0.3, 0.4) is 0 Å². The van der Waals surface area contributed by atoms with Crippen LogP contribution in [0, 0.1) is 0 Å². The van der Waals surface area contributed by atoms with Gasteiger partial charge in [0.15, 0.2) is 5.79 Å². The summed E-state index contributed by atoms with van der Waals surface area (Å²) in [5, 5.41) is 0. The normalized spacial score (nSPS) is 28.1. The minimum Gasteiger partial charge on any atom is -0.374 e. The van der Waals surface area contributed by atoms with Crippen molar-refractivity contribution in [2.45, 2.75) is 63.4 Å². The second-order valence-corrected chi connectivity index (χ2v) is 11.5. The summed E-state index contributed by atoms with van der Waals surface area (Å²) in [6, 6.07) is 19.9. The lowest BCUT2D eigenvalue weighted by Gasteiger charge is -2.42. The third kappa shape index (κ3) is 6.79. The molecule has 0 aromatic heterocycles. The van der Waals surface area contributed by atoms with Gasteiger partial charge in [0.25, 0.3) is 0 Å². The van der Waals surface area contributed by atoms with Crippen molar-refractivity contribution < 1.29 is 37.3 Å². The topological polar surface area (TPSA) is 81.7 Å².